The van der Waals surface area contributed by atoms with Crippen LogP contribution in [0, 0.1) is 6.92 Å². The van der Waals surface area contributed by atoms with Crippen LogP contribution in [-0.4, -0.2) is 30.7 Å². The van der Waals surface area contributed by atoms with E-state index in [9.17, 15) is 4.79 Å². The molecule has 0 aliphatic rings. The number of hydrogen-bond donors (Lipinski definition) is 2. The molecule has 3 heterocycles. The van der Waals surface area contributed by atoms with Crippen molar-refractivity contribution in [2.24, 2.45) is 0 Å². The van der Waals surface area contributed by atoms with E-state index in [0.29, 0.717) is 11.5 Å². The Morgan fingerprint density at radius 3 is 3.11 bits per heavy atom. The van der Waals surface area contributed by atoms with E-state index in [2.05, 4.69) is 25.6 Å². The van der Waals surface area contributed by atoms with Gasteiger partial charge < -0.3 is 5.32 Å². The monoisotopic (exact) mass is 256 g/mol. The molecule has 0 atom stereocenters. The number of carbonyl (C=O) groups is 1. The van der Waals surface area contributed by atoms with E-state index >= 15 is 0 Å². The van der Waals surface area contributed by atoms with Crippen molar-refractivity contribution in [2.45, 2.75) is 13.3 Å². The van der Waals surface area contributed by atoms with Crippen molar-refractivity contribution in [1.82, 2.24) is 24.8 Å². The lowest BCUT2D eigenvalue weighted by atomic mass is 10.3. The molecule has 0 spiro atoms. The summed E-state index contributed by atoms with van der Waals surface area (Å²) < 4.78 is 1.72. The largest absolute Gasteiger partial charge is 0.309 e. The van der Waals surface area contributed by atoms with Crippen LogP contribution in [0.15, 0.2) is 30.6 Å². The van der Waals surface area contributed by atoms with Crippen molar-refractivity contribution in [3.63, 3.8) is 0 Å². The highest BCUT2D eigenvalue weighted by atomic mass is 16.1. The van der Waals surface area contributed by atoms with Crippen molar-refractivity contribution in [1.29, 1.82) is 0 Å². The average Bonchev–Trinajstić information content (AvgIpc) is 3.00. The fourth-order valence-corrected chi connectivity index (χ4v) is 1.80. The third-order valence-electron chi connectivity index (χ3n) is 2.70. The van der Waals surface area contributed by atoms with Crippen LogP contribution < -0.4 is 5.32 Å². The number of aromatic nitrogens is 5. The first kappa shape index (κ1) is 11.4. The van der Waals surface area contributed by atoms with Crippen LogP contribution in [0.5, 0.6) is 0 Å². The van der Waals surface area contributed by atoms with Crippen molar-refractivity contribution in [3.05, 3.63) is 42.0 Å². The highest BCUT2D eigenvalue weighted by molar-refractivity contribution is 5.91. The molecule has 0 aliphatic carbocycles. The number of nitrogens with zero attached hydrogens (tertiary/aromatic N) is 4. The number of H-pyrrole nitrogens is 1. The van der Waals surface area contributed by atoms with Gasteiger partial charge in [0, 0.05) is 12.3 Å². The molecule has 0 aromatic carbocycles. The Kier molecular flexibility index (Phi) is 2.71. The molecule has 19 heavy (non-hydrogen) atoms. The second kappa shape index (κ2) is 4.52. The van der Waals surface area contributed by atoms with Gasteiger partial charge in [-0.05, 0) is 19.1 Å². The van der Waals surface area contributed by atoms with Gasteiger partial charge in [-0.15, -0.1) is 0 Å². The SMILES string of the molecule is Cc1cnc2ccc(CC(=O)Nc3cc[nH]n3)nn12. The van der Waals surface area contributed by atoms with Gasteiger partial charge in [-0.2, -0.15) is 10.2 Å². The maximum atomic E-state index is 11.8. The normalized spacial score (nSPS) is 10.8. The maximum Gasteiger partial charge on any atom is 0.231 e. The standard InChI is InChI=1S/C12H12N6O/c1-8-7-13-11-3-2-9(17-18(8)11)6-12(19)15-10-4-5-14-16-10/h2-5,7H,6H2,1H3,(H2,14,15,16,19). The zero-order chi connectivity index (χ0) is 13.2. The molecule has 3 aromatic rings. The second-order valence-electron chi connectivity index (χ2n) is 4.18. The third kappa shape index (κ3) is 2.30. The molecule has 1 amide bonds. The van der Waals surface area contributed by atoms with Gasteiger partial charge in [0.2, 0.25) is 5.91 Å². The molecule has 0 saturated carbocycles. The number of rotatable bonds is 3. The molecule has 0 bridgehead atoms. The van der Waals surface area contributed by atoms with E-state index < -0.39 is 0 Å². The van der Waals surface area contributed by atoms with E-state index in [4.69, 9.17) is 0 Å². The lowest BCUT2D eigenvalue weighted by Crippen LogP contribution is -2.16. The predicted octanol–water partition coefficient (Wildman–Crippen LogP) is 0.942. The molecule has 2 N–H and O–H groups in total. The minimum Gasteiger partial charge on any atom is -0.309 e. The Hall–Kier alpha value is -2.70. The molecular formula is C12H12N6O. The fourth-order valence-electron chi connectivity index (χ4n) is 1.80. The Bertz CT molecular complexity index is 715. The van der Waals surface area contributed by atoms with Gasteiger partial charge in [0.25, 0.3) is 0 Å². The van der Waals surface area contributed by atoms with Crippen LogP contribution in [-0.2, 0) is 11.2 Å². The summed E-state index contributed by atoms with van der Waals surface area (Å²) in [6, 6.07) is 5.33. The molecule has 3 aromatic heterocycles. The topological polar surface area (TPSA) is 88.0 Å². The molecule has 7 nitrogen and oxygen atoms in total. The molecule has 3 rings (SSSR count). The quantitative estimate of drug-likeness (QED) is 0.730. The van der Waals surface area contributed by atoms with Gasteiger partial charge in [0.05, 0.1) is 24.0 Å². The molecule has 0 aliphatic heterocycles. The Labute approximate surface area is 108 Å². The van der Waals surface area contributed by atoms with Gasteiger partial charge in [0.15, 0.2) is 11.5 Å². The highest BCUT2D eigenvalue weighted by Gasteiger charge is 2.08. The van der Waals surface area contributed by atoms with Gasteiger partial charge >= 0.3 is 0 Å². The third-order valence-corrected chi connectivity index (χ3v) is 2.70. The zero-order valence-corrected chi connectivity index (χ0v) is 10.3. The summed E-state index contributed by atoms with van der Waals surface area (Å²) in [5.41, 5.74) is 2.39. The molecule has 0 radical (unpaired) electrons. The maximum absolute atomic E-state index is 11.8. The lowest BCUT2D eigenvalue weighted by molar-refractivity contribution is -0.115. The van der Waals surface area contributed by atoms with E-state index in [1.54, 1.807) is 29.0 Å². The Morgan fingerprint density at radius 1 is 1.42 bits per heavy atom. The molecule has 96 valence electrons. The van der Waals surface area contributed by atoms with Crippen molar-refractivity contribution in [3.8, 4) is 0 Å². The number of anilines is 1. The van der Waals surface area contributed by atoms with Gasteiger partial charge in [0.1, 0.15) is 0 Å². The molecular weight excluding hydrogens is 244 g/mol. The van der Waals surface area contributed by atoms with Crippen LogP contribution in [0.1, 0.15) is 11.4 Å². The molecule has 7 heteroatoms. The van der Waals surface area contributed by atoms with Crippen LogP contribution in [0.2, 0.25) is 0 Å². The summed E-state index contributed by atoms with van der Waals surface area (Å²) >= 11 is 0. The smallest absolute Gasteiger partial charge is 0.231 e. The number of hydrogen-bond acceptors (Lipinski definition) is 4. The summed E-state index contributed by atoms with van der Waals surface area (Å²) in [5.74, 6) is 0.349. The van der Waals surface area contributed by atoms with Gasteiger partial charge in [-0.1, -0.05) is 0 Å². The van der Waals surface area contributed by atoms with Crippen LogP contribution >= 0.6 is 0 Å². The molecule has 0 fully saturated rings. The number of amides is 1. The van der Waals surface area contributed by atoms with E-state index in [-0.39, 0.29) is 12.3 Å². The first-order chi connectivity index (χ1) is 9.22. The summed E-state index contributed by atoms with van der Waals surface area (Å²) in [4.78, 5) is 16.0. The lowest BCUT2D eigenvalue weighted by Gasteiger charge is -2.03. The number of imidazole rings is 1. The fraction of sp³-hybridized carbons (Fsp3) is 0.167. The first-order valence-electron chi connectivity index (χ1n) is 5.82. The van der Waals surface area contributed by atoms with Crippen molar-refractivity contribution >= 4 is 17.4 Å². The second-order valence-corrected chi connectivity index (χ2v) is 4.18. The number of aryl methyl sites for hydroxylation is 1. The molecule has 0 unspecified atom stereocenters. The number of fused-ring (bicyclic) bond motifs is 1. The average molecular weight is 256 g/mol. The van der Waals surface area contributed by atoms with E-state index in [1.807, 2.05) is 13.0 Å². The summed E-state index contributed by atoms with van der Waals surface area (Å²) in [6.45, 7) is 1.92. The number of carbonyl (C=O) groups excluding carboxylic acids is 1. The van der Waals surface area contributed by atoms with Crippen molar-refractivity contribution in [2.75, 3.05) is 5.32 Å². The van der Waals surface area contributed by atoms with Crippen LogP contribution in [0.25, 0.3) is 5.65 Å². The van der Waals surface area contributed by atoms with Gasteiger partial charge in [-0.25, -0.2) is 9.50 Å². The Morgan fingerprint density at radius 2 is 2.32 bits per heavy atom. The highest BCUT2D eigenvalue weighted by Crippen LogP contribution is 2.06. The van der Waals surface area contributed by atoms with Crippen LogP contribution in [0.4, 0.5) is 5.82 Å². The Balaban J connectivity index is 1.77. The number of nitrogens with one attached hydrogen (secondary N) is 2. The van der Waals surface area contributed by atoms with Gasteiger partial charge in [-0.3, -0.25) is 9.89 Å². The zero-order valence-electron chi connectivity index (χ0n) is 10.3. The predicted molar refractivity (Wildman–Crippen MR) is 68.6 cm³/mol. The number of aromatic amines is 1. The minimum absolute atomic E-state index is 0.156. The summed E-state index contributed by atoms with van der Waals surface area (Å²) in [7, 11) is 0. The van der Waals surface area contributed by atoms with E-state index in [1.165, 1.54) is 0 Å². The summed E-state index contributed by atoms with van der Waals surface area (Å²) in [6.07, 6.45) is 3.59. The van der Waals surface area contributed by atoms with Crippen molar-refractivity contribution < 1.29 is 4.79 Å². The van der Waals surface area contributed by atoms with Crippen LogP contribution in [0.3, 0.4) is 0 Å². The minimum atomic E-state index is -0.156. The first-order valence-corrected chi connectivity index (χ1v) is 5.82. The summed E-state index contributed by atoms with van der Waals surface area (Å²) in [5, 5.41) is 13.5. The molecule has 0 saturated heterocycles. The van der Waals surface area contributed by atoms with E-state index in [0.717, 1.165) is 11.3 Å².